The largest absolute Gasteiger partial charge is 0.0758 e. The van der Waals surface area contributed by atoms with Crippen LogP contribution in [0.25, 0.3) is 6.08 Å². The van der Waals surface area contributed by atoms with Crippen molar-refractivity contribution in [3.63, 3.8) is 0 Å². The molecular weight excluding hydrogens is 328 g/mol. The van der Waals surface area contributed by atoms with E-state index in [1.807, 2.05) is 0 Å². The molecule has 0 atom stereocenters. The molecular formula is C14H18Br2. The van der Waals surface area contributed by atoms with Crippen molar-refractivity contribution in [2.45, 2.75) is 40.0 Å². The maximum Gasteiger partial charge on any atom is 0.0261 e. The molecule has 0 saturated heterocycles. The lowest BCUT2D eigenvalue weighted by atomic mass is 9.83. The Kier molecular flexibility index (Phi) is 4.42. The van der Waals surface area contributed by atoms with E-state index >= 15 is 0 Å². The summed E-state index contributed by atoms with van der Waals surface area (Å²) in [5.41, 5.74) is 4.10. The Morgan fingerprint density at radius 1 is 1.12 bits per heavy atom. The minimum atomic E-state index is 0.146. The van der Waals surface area contributed by atoms with Gasteiger partial charge < -0.3 is 0 Å². The van der Waals surface area contributed by atoms with E-state index in [9.17, 15) is 0 Å². The highest BCUT2D eigenvalue weighted by molar-refractivity contribution is 9.11. The van der Waals surface area contributed by atoms with Gasteiger partial charge in [-0.05, 0) is 42.5 Å². The molecule has 0 aliphatic rings. The molecule has 0 bridgehead atoms. The van der Waals surface area contributed by atoms with Crippen molar-refractivity contribution >= 4 is 37.9 Å². The molecule has 2 heteroatoms. The number of benzene rings is 1. The Hall–Kier alpha value is -0.0800. The number of hydrogen-bond acceptors (Lipinski definition) is 0. The van der Waals surface area contributed by atoms with Crippen LogP contribution in [0.4, 0.5) is 0 Å². The summed E-state index contributed by atoms with van der Waals surface area (Å²) < 4.78 is 2.27. The Morgan fingerprint density at radius 2 is 1.69 bits per heavy atom. The third-order valence-electron chi connectivity index (χ3n) is 2.34. The smallest absolute Gasteiger partial charge is 0.0261 e. The lowest BCUT2D eigenvalue weighted by Gasteiger charge is -2.23. The van der Waals surface area contributed by atoms with Gasteiger partial charge in [-0.25, -0.2) is 0 Å². The van der Waals surface area contributed by atoms with Crippen molar-refractivity contribution in [3.05, 3.63) is 37.8 Å². The SMILES string of the molecule is CC(C)=Cc1c(Br)cc(Br)cc1C(C)(C)C. The Bertz CT molecular complexity index is 419. The summed E-state index contributed by atoms with van der Waals surface area (Å²) in [7, 11) is 0. The van der Waals surface area contributed by atoms with Crippen LogP contribution in [0.15, 0.2) is 26.7 Å². The first-order valence-corrected chi connectivity index (χ1v) is 6.95. The highest BCUT2D eigenvalue weighted by atomic mass is 79.9. The van der Waals surface area contributed by atoms with Crippen LogP contribution in [-0.2, 0) is 5.41 Å². The van der Waals surface area contributed by atoms with Gasteiger partial charge in [-0.2, -0.15) is 0 Å². The average Bonchev–Trinajstić information content (AvgIpc) is 2.06. The molecule has 0 heterocycles. The van der Waals surface area contributed by atoms with Gasteiger partial charge >= 0.3 is 0 Å². The summed E-state index contributed by atoms with van der Waals surface area (Å²) >= 11 is 7.20. The first kappa shape index (κ1) is 14.0. The predicted octanol–water partition coefficient (Wildman–Crippen LogP) is 5.93. The molecule has 0 fully saturated rings. The minimum Gasteiger partial charge on any atom is -0.0758 e. The van der Waals surface area contributed by atoms with Crippen molar-refractivity contribution in [3.8, 4) is 0 Å². The molecule has 1 rings (SSSR count). The van der Waals surface area contributed by atoms with E-state index in [1.165, 1.54) is 16.7 Å². The van der Waals surface area contributed by atoms with Crippen molar-refractivity contribution in [2.24, 2.45) is 0 Å². The van der Waals surface area contributed by atoms with E-state index < -0.39 is 0 Å². The van der Waals surface area contributed by atoms with Crippen molar-refractivity contribution in [1.82, 2.24) is 0 Å². The van der Waals surface area contributed by atoms with Crippen LogP contribution in [0.5, 0.6) is 0 Å². The first-order chi connectivity index (χ1) is 7.21. The number of rotatable bonds is 1. The van der Waals surface area contributed by atoms with E-state index in [4.69, 9.17) is 0 Å². The monoisotopic (exact) mass is 344 g/mol. The van der Waals surface area contributed by atoms with Crippen LogP contribution < -0.4 is 0 Å². The van der Waals surface area contributed by atoms with Crippen molar-refractivity contribution in [1.29, 1.82) is 0 Å². The highest BCUT2D eigenvalue weighted by Gasteiger charge is 2.19. The second-order valence-electron chi connectivity index (χ2n) is 5.32. The molecule has 0 aromatic heterocycles. The van der Waals surface area contributed by atoms with Gasteiger partial charge in [0, 0.05) is 8.95 Å². The number of hydrogen-bond donors (Lipinski definition) is 0. The molecule has 0 aliphatic heterocycles. The molecule has 0 nitrogen and oxygen atoms in total. The van der Waals surface area contributed by atoms with Crippen LogP contribution in [0.2, 0.25) is 0 Å². The summed E-state index contributed by atoms with van der Waals surface area (Å²) in [6.45, 7) is 11.0. The Labute approximate surface area is 115 Å². The molecule has 0 unspecified atom stereocenters. The summed E-state index contributed by atoms with van der Waals surface area (Å²) in [5.74, 6) is 0. The summed E-state index contributed by atoms with van der Waals surface area (Å²) in [5, 5.41) is 0. The zero-order valence-electron chi connectivity index (χ0n) is 10.5. The molecule has 0 radical (unpaired) electrons. The van der Waals surface area contributed by atoms with Gasteiger partial charge in [0.25, 0.3) is 0 Å². The Balaban J connectivity index is 3.51. The summed E-state index contributed by atoms with van der Waals surface area (Å²) in [4.78, 5) is 0. The molecule has 0 aliphatic carbocycles. The molecule has 1 aromatic rings. The quantitative estimate of drug-likeness (QED) is 0.591. The molecule has 16 heavy (non-hydrogen) atoms. The summed E-state index contributed by atoms with van der Waals surface area (Å²) in [6, 6.07) is 4.31. The zero-order valence-corrected chi connectivity index (χ0v) is 13.7. The molecule has 0 amide bonds. The fraction of sp³-hybridized carbons (Fsp3) is 0.429. The van der Waals surface area contributed by atoms with Crippen LogP contribution in [0, 0.1) is 0 Å². The summed E-state index contributed by atoms with van der Waals surface area (Å²) in [6.07, 6.45) is 2.23. The lowest BCUT2D eigenvalue weighted by molar-refractivity contribution is 0.588. The average molecular weight is 346 g/mol. The molecule has 88 valence electrons. The predicted molar refractivity (Wildman–Crippen MR) is 79.9 cm³/mol. The van der Waals surface area contributed by atoms with Crippen LogP contribution in [0.1, 0.15) is 45.7 Å². The van der Waals surface area contributed by atoms with Crippen LogP contribution >= 0.6 is 31.9 Å². The van der Waals surface area contributed by atoms with E-state index in [0.717, 1.165) is 8.95 Å². The molecule has 1 aromatic carbocycles. The van der Waals surface area contributed by atoms with Crippen molar-refractivity contribution < 1.29 is 0 Å². The zero-order chi connectivity index (χ0) is 12.5. The van der Waals surface area contributed by atoms with Gasteiger partial charge in [-0.1, -0.05) is 64.3 Å². The normalized spacial score (nSPS) is 11.4. The highest BCUT2D eigenvalue weighted by Crippen LogP contribution is 2.35. The minimum absolute atomic E-state index is 0.146. The van der Waals surface area contributed by atoms with Gasteiger partial charge in [0.05, 0.1) is 0 Å². The number of halogens is 2. The maximum atomic E-state index is 3.64. The second-order valence-corrected chi connectivity index (χ2v) is 7.09. The van der Waals surface area contributed by atoms with E-state index in [0.29, 0.717) is 0 Å². The molecule has 0 N–H and O–H groups in total. The van der Waals surface area contributed by atoms with Gasteiger partial charge in [0.2, 0.25) is 0 Å². The lowest BCUT2D eigenvalue weighted by Crippen LogP contribution is -2.13. The third-order valence-corrected chi connectivity index (χ3v) is 3.45. The third kappa shape index (κ3) is 3.46. The second kappa shape index (κ2) is 5.05. The van der Waals surface area contributed by atoms with Crippen LogP contribution in [-0.4, -0.2) is 0 Å². The van der Waals surface area contributed by atoms with E-state index in [2.05, 4.69) is 84.7 Å². The van der Waals surface area contributed by atoms with Gasteiger partial charge in [0.1, 0.15) is 0 Å². The van der Waals surface area contributed by atoms with Crippen LogP contribution in [0.3, 0.4) is 0 Å². The van der Waals surface area contributed by atoms with Gasteiger partial charge in [-0.3, -0.25) is 0 Å². The first-order valence-electron chi connectivity index (χ1n) is 5.36. The molecule has 0 saturated carbocycles. The standard InChI is InChI=1S/C14H18Br2/c1-9(2)6-11-12(14(3,4)5)7-10(15)8-13(11)16/h6-8H,1-5H3. The van der Waals surface area contributed by atoms with E-state index in [1.54, 1.807) is 0 Å². The topological polar surface area (TPSA) is 0 Å². The van der Waals surface area contributed by atoms with Gasteiger partial charge in [0.15, 0.2) is 0 Å². The van der Waals surface area contributed by atoms with Gasteiger partial charge in [-0.15, -0.1) is 0 Å². The maximum absolute atomic E-state index is 3.64. The number of allylic oxidation sites excluding steroid dienone is 1. The fourth-order valence-electron chi connectivity index (χ4n) is 1.64. The fourth-order valence-corrected chi connectivity index (χ4v) is 2.98. The van der Waals surface area contributed by atoms with E-state index in [-0.39, 0.29) is 5.41 Å². The van der Waals surface area contributed by atoms with Crippen molar-refractivity contribution in [2.75, 3.05) is 0 Å². The Morgan fingerprint density at radius 3 is 2.12 bits per heavy atom. The molecule has 0 spiro atoms.